The van der Waals surface area contributed by atoms with Crippen molar-refractivity contribution in [3.63, 3.8) is 0 Å². The largest absolute Gasteiger partial charge is 0.383 e. The number of hydrogen-bond donors (Lipinski definition) is 2. The third-order valence-electron chi connectivity index (χ3n) is 2.56. The number of nitrogens with one attached hydrogen (secondary N) is 1. The molecule has 19 heavy (non-hydrogen) atoms. The molecule has 4 nitrogen and oxygen atoms in total. The van der Waals surface area contributed by atoms with Gasteiger partial charge in [-0.3, -0.25) is 4.79 Å². The van der Waals surface area contributed by atoms with Crippen LogP contribution in [0.25, 0.3) is 0 Å². The molecule has 6 heteroatoms. The Hall–Kier alpha value is -1.17. The predicted octanol–water partition coefficient (Wildman–Crippen LogP) is 1.27. The van der Waals surface area contributed by atoms with E-state index in [-0.39, 0.29) is 36.8 Å². The highest BCUT2D eigenvalue weighted by Gasteiger charge is 2.16. The second-order valence-corrected chi connectivity index (χ2v) is 4.27. The minimum absolute atomic E-state index is 0. The Morgan fingerprint density at radius 1 is 1.47 bits per heavy atom. The molecule has 0 radical (unpaired) electrons. The zero-order valence-electron chi connectivity index (χ0n) is 11.1. The van der Waals surface area contributed by atoms with E-state index in [1.54, 1.807) is 18.2 Å². The third-order valence-corrected chi connectivity index (χ3v) is 2.56. The quantitative estimate of drug-likeness (QED) is 0.829. The molecule has 3 N–H and O–H groups in total. The maximum atomic E-state index is 13.4. The molecule has 2 atom stereocenters. The Morgan fingerprint density at radius 3 is 2.68 bits per heavy atom. The number of amides is 1. The fourth-order valence-corrected chi connectivity index (χ4v) is 1.65. The van der Waals surface area contributed by atoms with Crippen LogP contribution in [0.5, 0.6) is 0 Å². The van der Waals surface area contributed by atoms with Gasteiger partial charge in [0.2, 0.25) is 5.91 Å². The van der Waals surface area contributed by atoms with E-state index < -0.39 is 6.04 Å². The summed E-state index contributed by atoms with van der Waals surface area (Å²) in [4.78, 5) is 11.6. The average molecular weight is 291 g/mol. The molecular weight excluding hydrogens is 271 g/mol. The molecule has 0 aliphatic heterocycles. The van der Waals surface area contributed by atoms with Crippen LogP contribution in [0.2, 0.25) is 0 Å². The van der Waals surface area contributed by atoms with Gasteiger partial charge in [0, 0.05) is 13.2 Å². The van der Waals surface area contributed by atoms with Gasteiger partial charge in [0.05, 0.1) is 6.61 Å². The van der Waals surface area contributed by atoms with Crippen molar-refractivity contribution in [2.75, 3.05) is 13.7 Å². The molecule has 0 saturated carbocycles. The van der Waals surface area contributed by atoms with E-state index in [4.69, 9.17) is 10.5 Å². The van der Waals surface area contributed by atoms with Crippen LogP contribution >= 0.6 is 12.4 Å². The SMILES string of the molecule is COCC(N)C(=O)NC(C)Cc1ccccc1F.Cl. The summed E-state index contributed by atoms with van der Waals surface area (Å²) in [5, 5.41) is 2.73. The van der Waals surface area contributed by atoms with E-state index in [2.05, 4.69) is 5.32 Å². The zero-order valence-corrected chi connectivity index (χ0v) is 11.9. The molecule has 0 bridgehead atoms. The molecular formula is C13H20ClFN2O2. The number of carbonyl (C=O) groups excluding carboxylic acids is 1. The van der Waals surface area contributed by atoms with Gasteiger partial charge in [-0.25, -0.2) is 4.39 Å². The molecule has 0 aliphatic rings. The molecule has 1 aromatic carbocycles. The average Bonchev–Trinajstić information content (AvgIpc) is 2.32. The summed E-state index contributed by atoms with van der Waals surface area (Å²) in [6, 6.07) is 5.63. The molecule has 2 unspecified atom stereocenters. The highest BCUT2D eigenvalue weighted by atomic mass is 35.5. The molecule has 108 valence electrons. The summed E-state index contributed by atoms with van der Waals surface area (Å²) in [5.74, 6) is -0.555. The Morgan fingerprint density at radius 2 is 2.11 bits per heavy atom. The Bertz CT molecular complexity index is 404. The van der Waals surface area contributed by atoms with Crippen molar-refractivity contribution in [3.8, 4) is 0 Å². The monoisotopic (exact) mass is 290 g/mol. The number of ether oxygens (including phenoxy) is 1. The van der Waals surface area contributed by atoms with Gasteiger partial charge in [-0.15, -0.1) is 12.4 Å². The first-order valence-electron chi connectivity index (χ1n) is 5.83. The summed E-state index contributed by atoms with van der Waals surface area (Å²) in [6.07, 6.45) is 0.429. The number of methoxy groups -OCH3 is 1. The fraction of sp³-hybridized carbons (Fsp3) is 0.462. The van der Waals surface area contributed by atoms with E-state index in [0.717, 1.165) is 0 Å². The van der Waals surface area contributed by atoms with Gasteiger partial charge in [-0.05, 0) is 25.0 Å². The first-order valence-corrected chi connectivity index (χ1v) is 5.83. The topological polar surface area (TPSA) is 64.3 Å². The van der Waals surface area contributed by atoms with E-state index in [1.807, 2.05) is 6.92 Å². The summed E-state index contributed by atoms with van der Waals surface area (Å²) in [6.45, 7) is 1.97. The fourth-order valence-electron chi connectivity index (χ4n) is 1.65. The van der Waals surface area contributed by atoms with E-state index >= 15 is 0 Å². The summed E-state index contributed by atoms with van der Waals surface area (Å²) in [5.41, 5.74) is 6.16. The molecule has 1 aromatic rings. The van der Waals surface area contributed by atoms with Crippen LogP contribution in [-0.2, 0) is 16.0 Å². The van der Waals surface area contributed by atoms with Gasteiger partial charge in [0.15, 0.2) is 0 Å². The number of rotatable bonds is 6. The van der Waals surface area contributed by atoms with Gasteiger partial charge >= 0.3 is 0 Å². The lowest BCUT2D eigenvalue weighted by molar-refractivity contribution is -0.124. The van der Waals surface area contributed by atoms with Gasteiger partial charge in [0.1, 0.15) is 11.9 Å². The molecule has 0 aromatic heterocycles. The normalized spacial score (nSPS) is 13.3. The highest BCUT2D eigenvalue weighted by molar-refractivity contribution is 5.85. The smallest absolute Gasteiger partial charge is 0.239 e. The molecule has 1 rings (SSSR count). The lowest BCUT2D eigenvalue weighted by Gasteiger charge is -2.17. The van der Waals surface area contributed by atoms with Gasteiger partial charge in [-0.1, -0.05) is 18.2 Å². The van der Waals surface area contributed by atoms with Crippen LogP contribution in [0.15, 0.2) is 24.3 Å². The third kappa shape index (κ3) is 6.00. The van der Waals surface area contributed by atoms with E-state index in [9.17, 15) is 9.18 Å². The highest BCUT2D eigenvalue weighted by Crippen LogP contribution is 2.08. The Kier molecular flexibility index (Phi) is 8.30. The van der Waals surface area contributed by atoms with Crippen LogP contribution in [0.3, 0.4) is 0 Å². The van der Waals surface area contributed by atoms with Crippen LogP contribution in [0.1, 0.15) is 12.5 Å². The first-order chi connectivity index (χ1) is 8.54. The lowest BCUT2D eigenvalue weighted by Crippen LogP contribution is -2.47. The van der Waals surface area contributed by atoms with E-state index in [1.165, 1.54) is 13.2 Å². The molecule has 0 heterocycles. The molecule has 1 amide bonds. The maximum absolute atomic E-state index is 13.4. The van der Waals surface area contributed by atoms with E-state index in [0.29, 0.717) is 12.0 Å². The van der Waals surface area contributed by atoms with Crippen LogP contribution in [0, 0.1) is 5.82 Å². The van der Waals surface area contributed by atoms with Gasteiger partial charge in [0.25, 0.3) is 0 Å². The van der Waals surface area contributed by atoms with Crippen LogP contribution < -0.4 is 11.1 Å². The lowest BCUT2D eigenvalue weighted by atomic mass is 10.1. The number of benzene rings is 1. The van der Waals surface area contributed by atoms with Crippen molar-refractivity contribution in [3.05, 3.63) is 35.6 Å². The van der Waals surface area contributed by atoms with Gasteiger partial charge in [-0.2, -0.15) is 0 Å². The number of halogens is 2. The van der Waals surface area contributed by atoms with Crippen LogP contribution in [0.4, 0.5) is 4.39 Å². The number of carbonyl (C=O) groups is 1. The standard InChI is InChI=1S/C13H19FN2O2.ClH/c1-9(16-13(17)12(15)8-18-2)7-10-5-3-4-6-11(10)14;/h3-6,9,12H,7-8,15H2,1-2H3,(H,16,17);1H. The second-order valence-electron chi connectivity index (χ2n) is 4.27. The second kappa shape index (κ2) is 8.85. The molecule has 0 spiro atoms. The van der Waals surface area contributed by atoms with Crippen molar-refractivity contribution in [2.24, 2.45) is 5.73 Å². The van der Waals surface area contributed by atoms with Crippen molar-refractivity contribution in [1.82, 2.24) is 5.32 Å². The number of hydrogen-bond acceptors (Lipinski definition) is 3. The Balaban J connectivity index is 0.00000324. The minimum Gasteiger partial charge on any atom is -0.383 e. The number of nitrogens with two attached hydrogens (primary N) is 1. The molecule has 0 saturated heterocycles. The van der Waals surface area contributed by atoms with Crippen LogP contribution in [-0.4, -0.2) is 31.7 Å². The summed E-state index contributed by atoms with van der Waals surface area (Å²) in [7, 11) is 1.48. The summed E-state index contributed by atoms with van der Waals surface area (Å²) >= 11 is 0. The zero-order chi connectivity index (χ0) is 13.5. The minimum atomic E-state index is -0.696. The molecule has 0 fully saturated rings. The maximum Gasteiger partial charge on any atom is 0.239 e. The van der Waals surface area contributed by atoms with Crippen molar-refractivity contribution in [2.45, 2.75) is 25.4 Å². The summed E-state index contributed by atoms with van der Waals surface area (Å²) < 4.78 is 18.2. The first kappa shape index (κ1) is 17.8. The van der Waals surface area contributed by atoms with Crippen molar-refractivity contribution >= 4 is 18.3 Å². The van der Waals surface area contributed by atoms with Crippen molar-refractivity contribution in [1.29, 1.82) is 0 Å². The Labute approximate surface area is 118 Å². The predicted molar refractivity (Wildman–Crippen MR) is 74.8 cm³/mol. The van der Waals surface area contributed by atoms with Crippen molar-refractivity contribution < 1.29 is 13.9 Å². The van der Waals surface area contributed by atoms with Gasteiger partial charge < -0.3 is 15.8 Å². The molecule has 0 aliphatic carbocycles.